The summed E-state index contributed by atoms with van der Waals surface area (Å²) < 4.78 is 2.00. The minimum Gasteiger partial charge on any atom is -0.480 e. The van der Waals surface area contributed by atoms with Crippen molar-refractivity contribution in [3.05, 3.63) is 108 Å². The summed E-state index contributed by atoms with van der Waals surface area (Å²) in [5.41, 5.74) is 7.76. The molecule has 0 unspecified atom stereocenters. The van der Waals surface area contributed by atoms with Gasteiger partial charge in [-0.1, -0.05) is 36.4 Å². The lowest BCUT2D eigenvalue weighted by Gasteiger charge is -2.59. The molecule has 4 saturated heterocycles. The molecule has 5 amide bonds. The maximum atomic E-state index is 14.2. The summed E-state index contributed by atoms with van der Waals surface area (Å²) >= 11 is 0. The first-order chi connectivity index (χ1) is 36.0. The Morgan fingerprint density at radius 1 is 0.784 bits per heavy atom. The number of nitrogens with one attached hydrogen (secondary N) is 3. The normalized spacial score (nSPS) is 29.9. The number of piperazine rings is 1. The molecule has 2 atom stereocenters. The van der Waals surface area contributed by atoms with Gasteiger partial charge in [0.15, 0.2) is 23.0 Å². The third-order valence-electron chi connectivity index (χ3n) is 17.2. The number of carbonyl (C=O) groups is 6. The Morgan fingerprint density at radius 2 is 1.50 bits per heavy atom. The van der Waals surface area contributed by atoms with Crippen molar-refractivity contribution in [1.29, 1.82) is 0 Å². The molecule has 2 saturated carbocycles. The van der Waals surface area contributed by atoms with Crippen LogP contribution in [-0.4, -0.2) is 161 Å². The van der Waals surface area contributed by atoms with Crippen molar-refractivity contribution in [2.45, 2.75) is 94.0 Å². The maximum absolute atomic E-state index is 14.2. The summed E-state index contributed by atoms with van der Waals surface area (Å²) in [5.74, 6) is -3.56. The summed E-state index contributed by atoms with van der Waals surface area (Å²) in [6.45, 7) is 6.72. The number of piperidine rings is 2. The van der Waals surface area contributed by atoms with Gasteiger partial charge in [-0.15, -0.1) is 5.12 Å². The number of anilines is 3. The molecule has 3 aromatic carbocycles. The molecular weight excluding hydrogens is 945 g/mol. The number of nitrogens with zero attached hydrogens (tertiary/aromatic N) is 11. The number of aromatic nitrogens is 4. The number of fused-ring (bicyclic) bond motifs is 2. The zero-order chi connectivity index (χ0) is 50.4. The van der Waals surface area contributed by atoms with Crippen molar-refractivity contribution in [2.75, 3.05) is 67.8 Å². The fourth-order valence-corrected chi connectivity index (χ4v) is 12.9. The molecule has 13 aliphatic heterocycles. The van der Waals surface area contributed by atoms with Gasteiger partial charge in [-0.25, -0.2) is 25.1 Å². The molecule has 0 radical (unpaired) electrons. The number of carboxylic acids is 1. The third kappa shape index (κ3) is 8.12. The van der Waals surface area contributed by atoms with E-state index >= 15 is 0 Å². The molecule has 21 nitrogen and oxygen atoms in total. The van der Waals surface area contributed by atoms with Crippen LogP contribution in [-0.2, 0) is 25.6 Å². The van der Waals surface area contributed by atoms with E-state index in [0.29, 0.717) is 66.5 Å². The van der Waals surface area contributed by atoms with Gasteiger partial charge in [0.05, 0.1) is 29.6 Å². The van der Waals surface area contributed by atoms with E-state index in [-0.39, 0.29) is 53.6 Å². The second kappa shape index (κ2) is 18.3. The zero-order valence-corrected chi connectivity index (χ0v) is 40.9. The minimum absolute atomic E-state index is 0.00520. The predicted molar refractivity (Wildman–Crippen MR) is 269 cm³/mol. The van der Waals surface area contributed by atoms with Gasteiger partial charge in [-0.3, -0.25) is 54.2 Å². The quantitative estimate of drug-likeness (QED) is 0.148. The van der Waals surface area contributed by atoms with E-state index in [9.17, 15) is 33.9 Å². The molecule has 20 rings (SSSR count). The number of imide groups is 2. The second-order valence-electron chi connectivity index (χ2n) is 21.5. The Balaban J connectivity index is 0.855. The van der Waals surface area contributed by atoms with Crippen molar-refractivity contribution in [3.63, 3.8) is 0 Å². The fourth-order valence-electron chi connectivity index (χ4n) is 12.9. The molecule has 2 aromatic heterocycles. The molecule has 6 fully saturated rings. The Hall–Kier alpha value is -7.33. The van der Waals surface area contributed by atoms with Crippen molar-refractivity contribution >= 4 is 63.9 Å². The average molecular weight is 1000 g/mol. The van der Waals surface area contributed by atoms with E-state index in [1.54, 1.807) is 22.6 Å². The molecule has 15 aliphatic rings. The first-order valence-electron chi connectivity index (χ1n) is 26.0. The highest BCUT2D eigenvalue weighted by Crippen LogP contribution is 2.52. The van der Waals surface area contributed by atoms with Crippen LogP contribution in [0, 0.1) is 5.41 Å². The monoisotopic (exact) mass is 1000 g/mol. The van der Waals surface area contributed by atoms with Crippen LogP contribution < -0.4 is 26.1 Å². The van der Waals surface area contributed by atoms with Crippen LogP contribution in [0.5, 0.6) is 0 Å². The van der Waals surface area contributed by atoms with E-state index < -0.39 is 41.7 Å². The number of hydrogen-bond acceptors (Lipinski definition) is 16. The molecule has 15 heterocycles. The number of carboxylic acid groups (broad SMARTS) is 1. The van der Waals surface area contributed by atoms with Crippen LogP contribution in [0.2, 0.25) is 0 Å². The molecule has 9 bridgehead atoms. The minimum atomic E-state index is -1.47. The van der Waals surface area contributed by atoms with Gasteiger partial charge >= 0.3 is 5.97 Å². The standard InChI is InChI=1S/C53H58N14O7/c68-43-13-12-42(49(70)58-43)65-50(71)40-11-6-33(23-41(40)51(65)72)46(52(73)74)67-63-28-39(29-63)60-16-14-53(15-17-60)26-38(27-53)62-20-18-61(19-21-62)35-7-9-36(10-8-35)66(67)59-47-45-48(55-30-54-47)64(31-56-45)37-24-34(25-37)57-44(69)22-32-4-2-1-3-5-32/h1-11,23,30-31,34,37-39,42,46H,12-22,24-29H2,(H,57,69)(H,73,74)(H,54,55,59)(H,58,68,70)/t34?,37?,42-,46-/m0/s1. The summed E-state index contributed by atoms with van der Waals surface area (Å²) in [4.78, 5) is 103. The topological polar surface area (TPSA) is 225 Å². The number of benzene rings is 3. The number of carbonyl (C=O) groups excluding carboxylic acids is 5. The van der Waals surface area contributed by atoms with Gasteiger partial charge in [0, 0.05) is 75.5 Å². The Labute approximate surface area is 426 Å². The molecule has 74 heavy (non-hydrogen) atoms. The van der Waals surface area contributed by atoms with Crippen molar-refractivity contribution < 1.29 is 33.9 Å². The third-order valence-corrected chi connectivity index (χ3v) is 17.2. The number of rotatable bonds is 10. The molecule has 5 aromatic rings. The van der Waals surface area contributed by atoms with Crippen LogP contribution in [0.25, 0.3) is 11.2 Å². The van der Waals surface area contributed by atoms with Gasteiger partial charge in [0.1, 0.15) is 12.4 Å². The van der Waals surface area contributed by atoms with Crippen LogP contribution in [0.1, 0.15) is 95.3 Å². The van der Waals surface area contributed by atoms with E-state index in [4.69, 9.17) is 15.0 Å². The van der Waals surface area contributed by atoms with Crippen LogP contribution in [0.3, 0.4) is 0 Å². The largest absolute Gasteiger partial charge is 0.480 e. The summed E-state index contributed by atoms with van der Waals surface area (Å²) in [6, 6.07) is 20.3. The number of amides is 5. The van der Waals surface area contributed by atoms with Gasteiger partial charge < -0.3 is 19.9 Å². The van der Waals surface area contributed by atoms with Gasteiger partial charge in [0.25, 0.3) is 11.8 Å². The first kappa shape index (κ1) is 46.5. The number of aliphatic carboxylic acids is 1. The Bertz CT molecular complexity index is 3060. The molecule has 21 heteroatoms. The van der Waals surface area contributed by atoms with Crippen molar-refractivity contribution in [2.24, 2.45) is 5.41 Å². The Morgan fingerprint density at radius 3 is 2.23 bits per heavy atom. The summed E-state index contributed by atoms with van der Waals surface area (Å²) in [6.07, 6.45) is 9.58. The number of hydrogen-bond donors (Lipinski definition) is 4. The van der Waals surface area contributed by atoms with E-state index in [1.807, 2.05) is 52.0 Å². The summed E-state index contributed by atoms with van der Waals surface area (Å²) in [5, 5.41) is 22.4. The highest BCUT2D eigenvalue weighted by atomic mass is 16.4. The number of hydrazine groups is 3. The smallest absolute Gasteiger partial charge is 0.329 e. The average Bonchev–Trinajstić information content (AvgIpc) is 3.91. The van der Waals surface area contributed by atoms with Crippen molar-refractivity contribution in [1.82, 2.24) is 55.0 Å². The summed E-state index contributed by atoms with van der Waals surface area (Å²) in [7, 11) is 0. The predicted octanol–water partition coefficient (Wildman–Crippen LogP) is 3.15. The fraction of sp³-hybridized carbons (Fsp3) is 0.453. The number of imidazole rings is 1. The molecule has 4 N–H and O–H groups in total. The van der Waals surface area contributed by atoms with Crippen LogP contribution in [0.15, 0.2) is 85.5 Å². The highest BCUT2D eigenvalue weighted by molar-refractivity contribution is 6.23. The van der Waals surface area contributed by atoms with E-state index in [2.05, 4.69) is 42.9 Å². The first-order valence-corrected chi connectivity index (χ1v) is 26.0. The lowest BCUT2D eigenvalue weighted by Crippen LogP contribution is -2.71. The zero-order valence-electron chi connectivity index (χ0n) is 40.9. The molecular formula is C53H58N14O7. The van der Waals surface area contributed by atoms with Gasteiger partial charge in [-0.2, -0.15) is 0 Å². The second-order valence-corrected chi connectivity index (χ2v) is 21.5. The molecule has 2 aliphatic carbocycles. The Kier molecular flexibility index (Phi) is 11.5. The SMILES string of the molecule is O=C1CC[C@H](N2C(=O)c3ccc([C@@H](C(=O)O)N4N5CC(C5)N5CCC6(CC5)CC(C6)N5CCN(CC5)c5ccc(cc5)N4Nc4ncnc5c4ncn5C4CC(NC(=O)Cc5ccccc5)C4)cc3C2=O)C(=O)N1. The van der Waals surface area contributed by atoms with Crippen LogP contribution >= 0.6 is 0 Å². The highest BCUT2D eigenvalue weighted by Gasteiger charge is 2.52. The van der Waals surface area contributed by atoms with E-state index in [0.717, 1.165) is 68.3 Å². The van der Waals surface area contributed by atoms with Crippen LogP contribution in [0.4, 0.5) is 17.2 Å². The van der Waals surface area contributed by atoms with Crippen molar-refractivity contribution in [3.8, 4) is 0 Å². The molecule has 1 spiro atoms. The van der Waals surface area contributed by atoms with E-state index in [1.165, 1.54) is 31.3 Å². The lowest BCUT2D eigenvalue weighted by molar-refractivity contribution is -0.177. The maximum Gasteiger partial charge on any atom is 0.329 e. The van der Waals surface area contributed by atoms with Gasteiger partial charge in [0.2, 0.25) is 17.7 Å². The lowest BCUT2D eigenvalue weighted by atomic mass is 9.59. The molecule has 382 valence electrons. The van der Waals surface area contributed by atoms with Gasteiger partial charge in [-0.05, 0) is 111 Å².